The number of hydrogen-bond acceptors (Lipinski definition) is 4. The van der Waals surface area contributed by atoms with Crippen molar-refractivity contribution >= 4 is 11.8 Å². The first kappa shape index (κ1) is 20.7. The van der Waals surface area contributed by atoms with Gasteiger partial charge in [-0.2, -0.15) is 0 Å². The highest BCUT2D eigenvalue weighted by molar-refractivity contribution is 5.95. The summed E-state index contributed by atoms with van der Waals surface area (Å²) >= 11 is 0. The summed E-state index contributed by atoms with van der Waals surface area (Å²) in [5, 5.41) is 3.03. The molecule has 6 heteroatoms. The molecule has 1 saturated heterocycles. The Balaban J connectivity index is 1.53. The van der Waals surface area contributed by atoms with Gasteiger partial charge in [-0.25, -0.2) is 0 Å². The van der Waals surface area contributed by atoms with Gasteiger partial charge in [0.1, 0.15) is 0 Å². The molecule has 0 unspecified atom stereocenters. The average Bonchev–Trinajstić information content (AvgIpc) is 2.76. The number of rotatable bonds is 6. The van der Waals surface area contributed by atoms with E-state index in [4.69, 9.17) is 9.47 Å². The van der Waals surface area contributed by atoms with Gasteiger partial charge in [0.15, 0.2) is 11.5 Å². The summed E-state index contributed by atoms with van der Waals surface area (Å²) in [7, 11) is 3.11. The fourth-order valence-electron chi connectivity index (χ4n) is 3.65. The van der Waals surface area contributed by atoms with Crippen LogP contribution in [0.2, 0.25) is 0 Å². The van der Waals surface area contributed by atoms with Crippen molar-refractivity contribution in [2.24, 2.45) is 5.92 Å². The fourth-order valence-corrected chi connectivity index (χ4v) is 3.65. The average molecular weight is 396 g/mol. The Labute approximate surface area is 171 Å². The SMILES string of the molecule is COc1ccc(C(=O)N2CCC(C(=O)NCc3cccc(C)c3)CC2)cc1OC. The third-order valence-corrected chi connectivity index (χ3v) is 5.33. The Morgan fingerprint density at radius 2 is 1.76 bits per heavy atom. The van der Waals surface area contributed by atoms with Gasteiger partial charge in [0.05, 0.1) is 14.2 Å². The molecule has 1 heterocycles. The number of nitrogens with zero attached hydrogens (tertiary/aromatic N) is 1. The summed E-state index contributed by atoms with van der Waals surface area (Å²) in [4.78, 5) is 27.1. The highest BCUT2D eigenvalue weighted by atomic mass is 16.5. The van der Waals surface area contributed by atoms with Crippen LogP contribution >= 0.6 is 0 Å². The normalized spacial score (nSPS) is 14.4. The predicted octanol–water partition coefficient (Wildman–Crippen LogP) is 3.18. The van der Waals surface area contributed by atoms with E-state index in [1.165, 1.54) is 5.56 Å². The minimum absolute atomic E-state index is 0.0513. The summed E-state index contributed by atoms with van der Waals surface area (Å²) in [6.07, 6.45) is 1.33. The molecule has 154 valence electrons. The fraction of sp³-hybridized carbons (Fsp3) is 0.391. The number of benzene rings is 2. The molecule has 1 fully saturated rings. The van der Waals surface area contributed by atoms with Gasteiger partial charge < -0.3 is 19.7 Å². The lowest BCUT2D eigenvalue weighted by Crippen LogP contribution is -2.42. The molecular weight excluding hydrogens is 368 g/mol. The number of carbonyl (C=O) groups is 2. The first-order valence-electron chi connectivity index (χ1n) is 9.86. The Hall–Kier alpha value is -3.02. The van der Waals surface area contributed by atoms with E-state index in [0.717, 1.165) is 5.56 Å². The summed E-state index contributed by atoms with van der Waals surface area (Å²) in [5.74, 6) is 1.07. The molecule has 0 aromatic heterocycles. The monoisotopic (exact) mass is 396 g/mol. The van der Waals surface area contributed by atoms with E-state index in [9.17, 15) is 9.59 Å². The quantitative estimate of drug-likeness (QED) is 0.814. The molecular formula is C23H28N2O4. The first-order valence-corrected chi connectivity index (χ1v) is 9.86. The number of methoxy groups -OCH3 is 2. The van der Waals surface area contributed by atoms with Crippen LogP contribution in [-0.4, -0.2) is 44.0 Å². The van der Waals surface area contributed by atoms with Crippen LogP contribution in [0.3, 0.4) is 0 Å². The first-order chi connectivity index (χ1) is 14.0. The minimum Gasteiger partial charge on any atom is -0.493 e. The molecule has 1 aliphatic rings. The lowest BCUT2D eigenvalue weighted by atomic mass is 9.95. The molecule has 3 rings (SSSR count). The number of amides is 2. The number of likely N-dealkylation sites (tertiary alicyclic amines) is 1. The smallest absolute Gasteiger partial charge is 0.253 e. The summed E-state index contributed by atoms with van der Waals surface area (Å²) in [5.41, 5.74) is 2.84. The van der Waals surface area contributed by atoms with Crippen LogP contribution in [0.15, 0.2) is 42.5 Å². The molecule has 2 aromatic carbocycles. The van der Waals surface area contributed by atoms with Crippen molar-refractivity contribution in [3.05, 3.63) is 59.2 Å². The van der Waals surface area contributed by atoms with Gasteiger partial charge in [0.25, 0.3) is 5.91 Å². The van der Waals surface area contributed by atoms with Gasteiger partial charge in [-0.3, -0.25) is 9.59 Å². The lowest BCUT2D eigenvalue weighted by molar-refractivity contribution is -0.126. The molecule has 2 aromatic rings. The second-order valence-corrected chi connectivity index (χ2v) is 7.34. The third-order valence-electron chi connectivity index (χ3n) is 5.33. The number of ether oxygens (including phenoxy) is 2. The topological polar surface area (TPSA) is 67.9 Å². The molecule has 1 N–H and O–H groups in total. The molecule has 0 radical (unpaired) electrons. The van der Waals surface area contributed by atoms with Gasteiger partial charge in [0, 0.05) is 31.1 Å². The van der Waals surface area contributed by atoms with Crippen molar-refractivity contribution in [1.82, 2.24) is 10.2 Å². The van der Waals surface area contributed by atoms with E-state index in [1.54, 1.807) is 37.3 Å². The maximum Gasteiger partial charge on any atom is 0.253 e. The van der Waals surface area contributed by atoms with Crippen molar-refractivity contribution in [2.75, 3.05) is 27.3 Å². The predicted molar refractivity (Wildman–Crippen MR) is 111 cm³/mol. The van der Waals surface area contributed by atoms with Gasteiger partial charge in [0.2, 0.25) is 5.91 Å². The molecule has 0 aliphatic carbocycles. The van der Waals surface area contributed by atoms with E-state index in [1.807, 2.05) is 25.1 Å². The highest BCUT2D eigenvalue weighted by Crippen LogP contribution is 2.29. The van der Waals surface area contributed by atoms with Crippen molar-refractivity contribution in [3.63, 3.8) is 0 Å². The second kappa shape index (κ2) is 9.45. The third kappa shape index (κ3) is 5.08. The van der Waals surface area contributed by atoms with Crippen molar-refractivity contribution in [3.8, 4) is 11.5 Å². The number of carbonyl (C=O) groups excluding carboxylic acids is 2. The van der Waals surface area contributed by atoms with E-state index < -0.39 is 0 Å². The van der Waals surface area contributed by atoms with Gasteiger partial charge in [-0.15, -0.1) is 0 Å². The number of hydrogen-bond donors (Lipinski definition) is 1. The number of piperidine rings is 1. The van der Waals surface area contributed by atoms with Gasteiger partial charge in [-0.1, -0.05) is 29.8 Å². The maximum absolute atomic E-state index is 12.8. The molecule has 0 atom stereocenters. The molecule has 29 heavy (non-hydrogen) atoms. The van der Waals surface area contributed by atoms with E-state index in [2.05, 4.69) is 11.4 Å². The lowest BCUT2D eigenvalue weighted by Gasteiger charge is -2.31. The van der Waals surface area contributed by atoms with Crippen LogP contribution in [0.1, 0.15) is 34.3 Å². The Bertz CT molecular complexity index is 873. The van der Waals surface area contributed by atoms with Crippen molar-refractivity contribution in [1.29, 1.82) is 0 Å². The van der Waals surface area contributed by atoms with Crippen LogP contribution in [-0.2, 0) is 11.3 Å². The number of nitrogens with one attached hydrogen (secondary N) is 1. The summed E-state index contributed by atoms with van der Waals surface area (Å²) in [6.45, 7) is 3.70. The van der Waals surface area contributed by atoms with Gasteiger partial charge in [-0.05, 0) is 43.5 Å². The van der Waals surface area contributed by atoms with Crippen LogP contribution in [0, 0.1) is 12.8 Å². The van der Waals surface area contributed by atoms with E-state index >= 15 is 0 Å². The standard InChI is InChI=1S/C23H28N2O4/c1-16-5-4-6-17(13-16)15-24-22(26)18-9-11-25(12-10-18)23(27)19-7-8-20(28-2)21(14-19)29-3/h4-8,13-14,18H,9-12,15H2,1-3H3,(H,24,26). The number of aryl methyl sites for hydroxylation is 1. The summed E-state index contributed by atoms with van der Waals surface area (Å²) in [6, 6.07) is 13.3. The minimum atomic E-state index is -0.0609. The van der Waals surface area contributed by atoms with Crippen LogP contribution in [0.25, 0.3) is 0 Å². The zero-order chi connectivity index (χ0) is 20.8. The van der Waals surface area contributed by atoms with Crippen molar-refractivity contribution < 1.29 is 19.1 Å². The van der Waals surface area contributed by atoms with Crippen LogP contribution < -0.4 is 14.8 Å². The van der Waals surface area contributed by atoms with Crippen molar-refractivity contribution in [2.45, 2.75) is 26.3 Å². The van der Waals surface area contributed by atoms with E-state index in [-0.39, 0.29) is 17.7 Å². The highest BCUT2D eigenvalue weighted by Gasteiger charge is 2.28. The Morgan fingerprint density at radius 3 is 2.41 bits per heavy atom. The zero-order valence-electron chi connectivity index (χ0n) is 17.2. The largest absolute Gasteiger partial charge is 0.493 e. The van der Waals surface area contributed by atoms with Crippen LogP contribution in [0.4, 0.5) is 0 Å². The molecule has 1 aliphatic heterocycles. The Morgan fingerprint density at radius 1 is 1.03 bits per heavy atom. The Kier molecular flexibility index (Phi) is 6.75. The second-order valence-electron chi connectivity index (χ2n) is 7.34. The van der Waals surface area contributed by atoms with Gasteiger partial charge >= 0.3 is 0 Å². The zero-order valence-corrected chi connectivity index (χ0v) is 17.2. The molecule has 0 bridgehead atoms. The van der Waals surface area contributed by atoms with E-state index in [0.29, 0.717) is 49.5 Å². The molecule has 6 nitrogen and oxygen atoms in total. The molecule has 0 spiro atoms. The molecule has 0 saturated carbocycles. The summed E-state index contributed by atoms with van der Waals surface area (Å²) < 4.78 is 10.5. The molecule has 2 amide bonds. The maximum atomic E-state index is 12.8. The van der Waals surface area contributed by atoms with Crippen LogP contribution in [0.5, 0.6) is 11.5 Å².